The first-order valence-electron chi connectivity index (χ1n) is 6.25. The topological polar surface area (TPSA) is 78.0 Å². The van der Waals surface area contributed by atoms with Crippen molar-refractivity contribution in [2.45, 2.75) is 12.5 Å². The van der Waals surface area contributed by atoms with Crippen molar-refractivity contribution in [2.24, 2.45) is 0 Å². The van der Waals surface area contributed by atoms with Crippen LogP contribution < -0.4 is 5.73 Å². The van der Waals surface area contributed by atoms with Crippen molar-refractivity contribution < 1.29 is 8.42 Å². The van der Waals surface area contributed by atoms with Gasteiger partial charge < -0.3 is 5.73 Å². The van der Waals surface area contributed by atoms with Gasteiger partial charge in [0.25, 0.3) is 0 Å². The van der Waals surface area contributed by atoms with E-state index < -0.39 is 9.84 Å². The van der Waals surface area contributed by atoms with E-state index >= 15 is 0 Å². The van der Waals surface area contributed by atoms with E-state index in [1.807, 2.05) is 12.1 Å². The molecule has 2 N–H and O–H groups in total. The highest BCUT2D eigenvalue weighted by Crippen LogP contribution is 2.32. The Morgan fingerprint density at radius 1 is 1.30 bits per heavy atom. The van der Waals surface area contributed by atoms with Crippen LogP contribution in [0.1, 0.15) is 12.5 Å². The zero-order chi connectivity index (χ0) is 14.3. The lowest BCUT2D eigenvalue weighted by atomic mass is 10.1. The molecule has 1 aromatic carbocycles. The van der Waals surface area contributed by atoms with Crippen LogP contribution in [0.25, 0.3) is 11.1 Å². The van der Waals surface area contributed by atoms with Crippen LogP contribution >= 0.6 is 11.6 Å². The molecule has 20 heavy (non-hydrogen) atoms. The van der Waals surface area contributed by atoms with Crippen LogP contribution in [0, 0.1) is 0 Å². The third-order valence-corrected chi connectivity index (χ3v) is 5.55. The lowest BCUT2D eigenvalue weighted by Gasteiger charge is -2.11. The van der Waals surface area contributed by atoms with Crippen LogP contribution in [-0.2, 0) is 9.84 Å². The second kappa shape index (κ2) is 4.79. The van der Waals surface area contributed by atoms with E-state index in [1.165, 1.54) is 0 Å². The summed E-state index contributed by atoms with van der Waals surface area (Å²) in [5.74, 6) is 0.807. The molecule has 0 spiro atoms. The highest BCUT2D eigenvalue weighted by Gasteiger charge is 2.31. The van der Waals surface area contributed by atoms with E-state index in [-0.39, 0.29) is 17.5 Å². The predicted molar refractivity (Wildman–Crippen MR) is 79.4 cm³/mol. The number of aromatic nitrogens is 2. The summed E-state index contributed by atoms with van der Waals surface area (Å²) in [6.45, 7) is 0. The van der Waals surface area contributed by atoms with Gasteiger partial charge in [-0.05, 0) is 24.1 Å². The van der Waals surface area contributed by atoms with Crippen LogP contribution in [-0.4, -0.2) is 29.7 Å². The summed E-state index contributed by atoms with van der Waals surface area (Å²) in [6.07, 6.45) is 2.23. The van der Waals surface area contributed by atoms with E-state index in [1.54, 1.807) is 23.0 Å². The maximum atomic E-state index is 11.5. The number of sulfone groups is 1. The lowest BCUT2D eigenvalue weighted by Crippen LogP contribution is -2.14. The Bertz CT molecular complexity index is 737. The van der Waals surface area contributed by atoms with E-state index in [0.29, 0.717) is 17.3 Å². The Kier molecular flexibility index (Phi) is 3.22. The molecule has 1 aliphatic heterocycles. The van der Waals surface area contributed by atoms with Gasteiger partial charge in [-0.15, -0.1) is 0 Å². The fourth-order valence-corrected chi connectivity index (χ4v) is 4.30. The van der Waals surface area contributed by atoms with Gasteiger partial charge in [-0.25, -0.2) is 13.1 Å². The summed E-state index contributed by atoms with van der Waals surface area (Å²) in [7, 11) is -2.96. The molecule has 0 bridgehead atoms. The van der Waals surface area contributed by atoms with E-state index in [0.717, 1.165) is 11.1 Å². The normalized spacial score (nSPS) is 21.1. The molecule has 0 aliphatic carbocycles. The van der Waals surface area contributed by atoms with Crippen LogP contribution in [0.5, 0.6) is 0 Å². The zero-order valence-corrected chi connectivity index (χ0v) is 12.2. The number of anilines is 1. The van der Waals surface area contributed by atoms with Crippen LogP contribution in [0.3, 0.4) is 0 Å². The summed E-state index contributed by atoms with van der Waals surface area (Å²) in [5.41, 5.74) is 7.83. The van der Waals surface area contributed by atoms with E-state index in [9.17, 15) is 8.42 Å². The number of benzene rings is 1. The molecule has 1 saturated heterocycles. The second-order valence-electron chi connectivity index (χ2n) is 4.95. The molecule has 7 heteroatoms. The summed E-state index contributed by atoms with van der Waals surface area (Å²) >= 11 is 5.86. The van der Waals surface area contributed by atoms with Crippen molar-refractivity contribution in [1.29, 1.82) is 0 Å². The van der Waals surface area contributed by atoms with Gasteiger partial charge >= 0.3 is 0 Å². The Balaban J connectivity index is 1.95. The molecule has 1 fully saturated rings. The van der Waals surface area contributed by atoms with Crippen LogP contribution in [0.4, 0.5) is 5.82 Å². The Hall–Kier alpha value is -1.53. The maximum Gasteiger partial charge on any atom is 0.152 e. The molecule has 1 aliphatic rings. The molecule has 3 rings (SSSR count). The number of nitrogens with zero attached hydrogens (tertiary/aromatic N) is 2. The predicted octanol–water partition coefficient (Wildman–Crippen LogP) is 2.15. The average Bonchev–Trinajstić information content (AvgIpc) is 2.93. The molecule has 2 aromatic rings. The standard InChI is InChI=1S/C13H14ClN3O2S/c14-10-3-1-9(2-4-10)12-7-16-17(13(12)15)11-5-6-20(18,19)8-11/h1-4,7,11H,5-6,8,15H2/t11-/m1/s1. The first kappa shape index (κ1) is 13.5. The number of nitrogens with two attached hydrogens (primary N) is 1. The fraction of sp³-hybridized carbons (Fsp3) is 0.308. The molecule has 0 unspecified atom stereocenters. The molecule has 0 amide bonds. The monoisotopic (exact) mass is 311 g/mol. The third kappa shape index (κ3) is 2.41. The summed E-state index contributed by atoms with van der Waals surface area (Å²) in [5, 5.41) is 4.91. The SMILES string of the molecule is Nc1c(-c2ccc(Cl)cc2)cnn1[C@@H]1CCS(=O)(=O)C1. The fourth-order valence-electron chi connectivity index (χ4n) is 2.48. The van der Waals surface area contributed by atoms with Crippen molar-refractivity contribution in [1.82, 2.24) is 9.78 Å². The maximum absolute atomic E-state index is 11.5. The van der Waals surface area contributed by atoms with Gasteiger partial charge in [0.15, 0.2) is 9.84 Å². The molecule has 5 nitrogen and oxygen atoms in total. The molecule has 106 valence electrons. The van der Waals surface area contributed by atoms with Crippen LogP contribution in [0.2, 0.25) is 5.02 Å². The van der Waals surface area contributed by atoms with E-state index in [2.05, 4.69) is 5.10 Å². The van der Waals surface area contributed by atoms with Gasteiger partial charge in [0, 0.05) is 10.6 Å². The van der Waals surface area contributed by atoms with Crippen molar-refractivity contribution in [3.63, 3.8) is 0 Å². The average molecular weight is 312 g/mol. The summed E-state index contributed by atoms with van der Waals surface area (Å²) in [6, 6.07) is 7.14. The van der Waals surface area contributed by atoms with Gasteiger partial charge in [0.2, 0.25) is 0 Å². The Morgan fingerprint density at radius 2 is 2.00 bits per heavy atom. The van der Waals surface area contributed by atoms with Crippen LogP contribution in [0.15, 0.2) is 30.5 Å². The molecule has 1 atom stereocenters. The van der Waals surface area contributed by atoms with Gasteiger partial charge in [0.1, 0.15) is 5.82 Å². The summed E-state index contributed by atoms with van der Waals surface area (Å²) in [4.78, 5) is 0. The first-order valence-corrected chi connectivity index (χ1v) is 8.45. The minimum absolute atomic E-state index is 0.110. The smallest absolute Gasteiger partial charge is 0.152 e. The molecule has 1 aromatic heterocycles. The quantitative estimate of drug-likeness (QED) is 0.921. The number of nitrogen functional groups attached to an aromatic ring is 1. The summed E-state index contributed by atoms with van der Waals surface area (Å²) < 4.78 is 24.7. The number of hydrogen-bond acceptors (Lipinski definition) is 4. The second-order valence-corrected chi connectivity index (χ2v) is 7.62. The highest BCUT2D eigenvalue weighted by atomic mass is 35.5. The minimum Gasteiger partial charge on any atom is -0.383 e. The van der Waals surface area contributed by atoms with Gasteiger partial charge in [-0.3, -0.25) is 0 Å². The lowest BCUT2D eigenvalue weighted by molar-refractivity contribution is 0.507. The Morgan fingerprint density at radius 3 is 2.60 bits per heavy atom. The molecule has 0 saturated carbocycles. The number of hydrogen-bond donors (Lipinski definition) is 1. The van der Waals surface area contributed by atoms with Gasteiger partial charge in [-0.2, -0.15) is 5.10 Å². The van der Waals surface area contributed by atoms with Gasteiger partial charge in [0.05, 0.1) is 23.7 Å². The minimum atomic E-state index is -2.96. The van der Waals surface area contributed by atoms with E-state index in [4.69, 9.17) is 17.3 Å². The largest absolute Gasteiger partial charge is 0.383 e. The highest BCUT2D eigenvalue weighted by molar-refractivity contribution is 7.91. The van der Waals surface area contributed by atoms with Gasteiger partial charge in [-0.1, -0.05) is 23.7 Å². The van der Waals surface area contributed by atoms with Crippen molar-refractivity contribution in [2.75, 3.05) is 17.2 Å². The molecule has 2 heterocycles. The van der Waals surface area contributed by atoms with Crippen molar-refractivity contribution in [3.05, 3.63) is 35.5 Å². The van der Waals surface area contributed by atoms with Crippen molar-refractivity contribution in [3.8, 4) is 11.1 Å². The first-order chi connectivity index (χ1) is 9.46. The van der Waals surface area contributed by atoms with Crippen molar-refractivity contribution >= 4 is 27.3 Å². The molecular formula is C13H14ClN3O2S. The molecular weight excluding hydrogens is 298 g/mol. The molecule has 0 radical (unpaired) electrons. The number of rotatable bonds is 2. The Labute approximate surface area is 122 Å². The zero-order valence-electron chi connectivity index (χ0n) is 10.7. The number of halogens is 1. The third-order valence-electron chi connectivity index (χ3n) is 3.54.